The first-order valence-corrected chi connectivity index (χ1v) is 7.57. The Morgan fingerprint density at radius 2 is 2.16 bits per heavy atom. The van der Waals surface area contributed by atoms with Crippen molar-refractivity contribution in [1.82, 2.24) is 9.88 Å². The zero-order valence-electron chi connectivity index (χ0n) is 11.1. The highest BCUT2D eigenvalue weighted by atomic mass is 79.9. The molecule has 5 heteroatoms. The minimum Gasteiger partial charge on any atom is -0.336 e. The van der Waals surface area contributed by atoms with Crippen LogP contribution >= 0.6 is 27.3 Å². The van der Waals surface area contributed by atoms with Gasteiger partial charge in [0.2, 0.25) is 0 Å². The topological polar surface area (TPSA) is 33.2 Å². The minimum absolute atomic E-state index is 0.0150. The van der Waals surface area contributed by atoms with E-state index in [-0.39, 0.29) is 5.91 Å². The van der Waals surface area contributed by atoms with Crippen molar-refractivity contribution in [2.24, 2.45) is 0 Å². The van der Waals surface area contributed by atoms with E-state index in [2.05, 4.69) is 20.9 Å². The molecule has 0 saturated carbocycles. The van der Waals surface area contributed by atoms with Crippen molar-refractivity contribution in [1.29, 1.82) is 0 Å². The molecule has 1 aromatic heterocycles. The van der Waals surface area contributed by atoms with Crippen LogP contribution in [0.3, 0.4) is 0 Å². The van der Waals surface area contributed by atoms with Gasteiger partial charge >= 0.3 is 0 Å². The zero-order valence-corrected chi connectivity index (χ0v) is 13.5. The Morgan fingerprint density at radius 3 is 2.74 bits per heavy atom. The van der Waals surface area contributed by atoms with Crippen LogP contribution < -0.4 is 0 Å². The van der Waals surface area contributed by atoms with Gasteiger partial charge in [-0.3, -0.25) is 4.79 Å². The molecule has 0 unspecified atom stereocenters. The van der Waals surface area contributed by atoms with Crippen molar-refractivity contribution in [3.63, 3.8) is 0 Å². The van der Waals surface area contributed by atoms with Gasteiger partial charge in [0.05, 0.1) is 17.2 Å². The van der Waals surface area contributed by atoms with E-state index in [1.54, 1.807) is 23.3 Å². The zero-order chi connectivity index (χ0) is 14.0. The van der Waals surface area contributed by atoms with Gasteiger partial charge in [-0.15, -0.1) is 11.3 Å². The quantitative estimate of drug-likeness (QED) is 0.852. The molecule has 3 nitrogen and oxygen atoms in total. The molecule has 0 aliphatic heterocycles. The second-order valence-corrected chi connectivity index (χ2v) is 6.40. The second-order valence-electron chi connectivity index (χ2n) is 4.48. The van der Waals surface area contributed by atoms with Crippen LogP contribution in [0.15, 0.2) is 28.1 Å². The summed E-state index contributed by atoms with van der Waals surface area (Å²) in [5.41, 5.74) is 2.70. The summed E-state index contributed by atoms with van der Waals surface area (Å²) < 4.78 is 1.02. The third kappa shape index (κ3) is 3.42. The molecule has 1 heterocycles. The van der Waals surface area contributed by atoms with Gasteiger partial charge in [0.15, 0.2) is 0 Å². The highest BCUT2D eigenvalue weighted by molar-refractivity contribution is 9.10. The number of nitrogens with zero attached hydrogens (tertiary/aromatic N) is 2. The minimum atomic E-state index is 0.0150. The summed E-state index contributed by atoms with van der Waals surface area (Å²) >= 11 is 5.04. The standard InChI is InChI=1S/C14H15BrN2OS/c1-9-6-11(4-5-13(9)15)14(18)17(3)7-12-8-19-10(2)16-12/h4-6,8H,7H2,1-3H3. The number of hydrogen-bond acceptors (Lipinski definition) is 3. The molecule has 100 valence electrons. The molecule has 2 aromatic rings. The molecular weight excluding hydrogens is 324 g/mol. The van der Waals surface area contributed by atoms with Gasteiger partial charge in [0.1, 0.15) is 0 Å². The predicted octanol–water partition coefficient (Wildman–Crippen LogP) is 3.79. The van der Waals surface area contributed by atoms with E-state index < -0.39 is 0 Å². The molecule has 19 heavy (non-hydrogen) atoms. The number of carbonyl (C=O) groups is 1. The van der Waals surface area contributed by atoms with E-state index in [4.69, 9.17) is 0 Å². The summed E-state index contributed by atoms with van der Waals surface area (Å²) in [5, 5.41) is 3.02. The van der Waals surface area contributed by atoms with Crippen LogP contribution in [0.4, 0.5) is 0 Å². The summed E-state index contributed by atoms with van der Waals surface area (Å²) in [6.45, 7) is 4.48. The van der Waals surface area contributed by atoms with Gasteiger partial charge in [0.25, 0.3) is 5.91 Å². The number of amides is 1. The Labute approximate surface area is 125 Å². The average Bonchev–Trinajstić information content (AvgIpc) is 2.77. The fraction of sp³-hybridized carbons (Fsp3) is 0.286. The lowest BCUT2D eigenvalue weighted by molar-refractivity contribution is 0.0783. The first kappa shape index (κ1) is 14.2. The van der Waals surface area contributed by atoms with Crippen molar-refractivity contribution in [3.8, 4) is 0 Å². The lowest BCUT2D eigenvalue weighted by atomic mass is 10.1. The molecule has 0 bridgehead atoms. The van der Waals surface area contributed by atoms with E-state index in [1.807, 2.05) is 37.4 Å². The van der Waals surface area contributed by atoms with Crippen LogP contribution in [0.2, 0.25) is 0 Å². The van der Waals surface area contributed by atoms with Crippen LogP contribution in [0, 0.1) is 13.8 Å². The van der Waals surface area contributed by atoms with Crippen LogP contribution in [-0.2, 0) is 6.54 Å². The van der Waals surface area contributed by atoms with Gasteiger partial charge in [-0.1, -0.05) is 15.9 Å². The molecule has 0 atom stereocenters. The number of carbonyl (C=O) groups excluding carboxylic acids is 1. The first-order chi connectivity index (χ1) is 8.97. The van der Waals surface area contributed by atoms with Crippen LogP contribution in [0.25, 0.3) is 0 Å². The molecule has 1 amide bonds. The Bertz CT molecular complexity index is 609. The van der Waals surface area contributed by atoms with Crippen molar-refractivity contribution in [2.45, 2.75) is 20.4 Å². The maximum atomic E-state index is 12.3. The monoisotopic (exact) mass is 338 g/mol. The Morgan fingerprint density at radius 1 is 1.42 bits per heavy atom. The van der Waals surface area contributed by atoms with E-state index in [1.165, 1.54) is 0 Å². The average molecular weight is 339 g/mol. The maximum absolute atomic E-state index is 12.3. The summed E-state index contributed by atoms with van der Waals surface area (Å²) in [6, 6.07) is 5.64. The van der Waals surface area contributed by atoms with Crippen LogP contribution in [0.5, 0.6) is 0 Å². The van der Waals surface area contributed by atoms with Crippen molar-refractivity contribution < 1.29 is 4.79 Å². The van der Waals surface area contributed by atoms with Gasteiger partial charge in [-0.2, -0.15) is 0 Å². The summed E-state index contributed by atoms with van der Waals surface area (Å²) in [5.74, 6) is 0.0150. The Balaban J connectivity index is 2.12. The summed E-state index contributed by atoms with van der Waals surface area (Å²) in [4.78, 5) is 18.4. The first-order valence-electron chi connectivity index (χ1n) is 5.90. The lowest BCUT2D eigenvalue weighted by Gasteiger charge is -2.16. The molecule has 1 aromatic carbocycles. The van der Waals surface area contributed by atoms with Crippen LogP contribution in [-0.4, -0.2) is 22.8 Å². The number of aromatic nitrogens is 1. The third-order valence-corrected chi connectivity index (χ3v) is 4.53. The van der Waals surface area contributed by atoms with Crippen molar-refractivity contribution in [2.75, 3.05) is 7.05 Å². The SMILES string of the molecule is Cc1nc(CN(C)C(=O)c2ccc(Br)c(C)c2)cs1. The largest absolute Gasteiger partial charge is 0.336 e. The molecule has 0 aliphatic rings. The summed E-state index contributed by atoms with van der Waals surface area (Å²) in [6.07, 6.45) is 0. The molecule has 0 N–H and O–H groups in total. The number of thiazole rings is 1. The fourth-order valence-electron chi connectivity index (χ4n) is 1.79. The molecule has 0 radical (unpaired) electrons. The van der Waals surface area contributed by atoms with E-state index in [0.717, 1.165) is 20.7 Å². The van der Waals surface area contributed by atoms with E-state index >= 15 is 0 Å². The van der Waals surface area contributed by atoms with Gasteiger partial charge in [0, 0.05) is 22.5 Å². The van der Waals surface area contributed by atoms with Gasteiger partial charge in [-0.25, -0.2) is 4.98 Å². The number of rotatable bonds is 3. The maximum Gasteiger partial charge on any atom is 0.253 e. The lowest BCUT2D eigenvalue weighted by Crippen LogP contribution is -2.26. The number of benzene rings is 1. The molecular formula is C14H15BrN2OS. The van der Waals surface area contributed by atoms with Crippen molar-refractivity contribution in [3.05, 3.63) is 49.9 Å². The Hall–Kier alpha value is -1.20. The highest BCUT2D eigenvalue weighted by Crippen LogP contribution is 2.18. The van der Waals surface area contributed by atoms with E-state index in [9.17, 15) is 4.79 Å². The molecule has 0 fully saturated rings. The number of halogens is 1. The molecule has 0 aliphatic carbocycles. The normalized spacial score (nSPS) is 10.5. The molecule has 0 saturated heterocycles. The Kier molecular flexibility index (Phi) is 4.37. The fourth-order valence-corrected chi connectivity index (χ4v) is 2.64. The van der Waals surface area contributed by atoms with Crippen molar-refractivity contribution >= 4 is 33.2 Å². The predicted molar refractivity (Wildman–Crippen MR) is 81.5 cm³/mol. The number of hydrogen-bond donors (Lipinski definition) is 0. The van der Waals surface area contributed by atoms with Gasteiger partial charge < -0.3 is 4.90 Å². The smallest absolute Gasteiger partial charge is 0.253 e. The van der Waals surface area contributed by atoms with Crippen LogP contribution in [0.1, 0.15) is 26.6 Å². The molecule has 2 rings (SSSR count). The third-order valence-electron chi connectivity index (χ3n) is 2.82. The highest BCUT2D eigenvalue weighted by Gasteiger charge is 2.13. The van der Waals surface area contributed by atoms with E-state index in [0.29, 0.717) is 12.1 Å². The van der Waals surface area contributed by atoms with Gasteiger partial charge in [-0.05, 0) is 37.6 Å². The number of aryl methyl sites for hydroxylation is 2. The second kappa shape index (κ2) is 5.84. The summed E-state index contributed by atoms with van der Waals surface area (Å²) in [7, 11) is 1.80. The molecule has 0 spiro atoms.